The molecule has 1 aromatic carbocycles. The molecule has 0 spiro atoms. The molecule has 8 heteroatoms. The van der Waals surface area contributed by atoms with Crippen molar-refractivity contribution in [1.29, 1.82) is 0 Å². The second kappa shape index (κ2) is 6.37. The molecule has 0 unspecified atom stereocenters. The molecule has 3 rings (SSSR count). The summed E-state index contributed by atoms with van der Waals surface area (Å²) in [5.74, 6) is -0.140. The minimum atomic E-state index is -0.173. The summed E-state index contributed by atoms with van der Waals surface area (Å²) in [7, 11) is 0. The maximum Gasteiger partial charge on any atom is 0.276 e. The first kappa shape index (κ1) is 15.5. The van der Waals surface area contributed by atoms with E-state index in [0.29, 0.717) is 31.2 Å². The molecule has 7 nitrogen and oxygen atoms in total. The predicted molar refractivity (Wildman–Crippen MR) is 84.5 cm³/mol. The normalized spacial score (nSPS) is 14.9. The van der Waals surface area contributed by atoms with Gasteiger partial charge >= 0.3 is 0 Å². The van der Waals surface area contributed by atoms with Gasteiger partial charge in [-0.3, -0.25) is 9.59 Å². The zero-order chi connectivity index (χ0) is 16.4. The van der Waals surface area contributed by atoms with Gasteiger partial charge in [0.2, 0.25) is 5.91 Å². The highest BCUT2D eigenvalue weighted by Gasteiger charge is 2.25. The van der Waals surface area contributed by atoms with Crippen molar-refractivity contribution in [3.63, 3.8) is 0 Å². The number of amides is 2. The second-order valence-corrected chi connectivity index (χ2v) is 5.76. The van der Waals surface area contributed by atoms with E-state index in [-0.39, 0.29) is 17.5 Å². The van der Waals surface area contributed by atoms with E-state index in [2.05, 4.69) is 10.3 Å². The molecule has 1 aliphatic heterocycles. The van der Waals surface area contributed by atoms with Gasteiger partial charge in [-0.2, -0.15) is 0 Å². The van der Waals surface area contributed by atoms with Crippen molar-refractivity contribution in [2.75, 3.05) is 26.2 Å². The summed E-state index contributed by atoms with van der Waals surface area (Å²) in [6.07, 6.45) is 1.60. The van der Waals surface area contributed by atoms with Crippen LogP contribution in [-0.4, -0.2) is 62.8 Å². The summed E-state index contributed by atoms with van der Waals surface area (Å²) in [6, 6.07) is 7.11. The van der Waals surface area contributed by atoms with Gasteiger partial charge in [0.05, 0.1) is 11.9 Å². The van der Waals surface area contributed by atoms with Crippen molar-refractivity contribution < 1.29 is 9.59 Å². The largest absolute Gasteiger partial charge is 0.339 e. The summed E-state index contributed by atoms with van der Waals surface area (Å²) in [6.45, 7) is 3.65. The Labute approximate surface area is 138 Å². The summed E-state index contributed by atoms with van der Waals surface area (Å²) in [4.78, 5) is 27.2. The average molecular weight is 334 g/mol. The van der Waals surface area contributed by atoms with Gasteiger partial charge in [-0.25, -0.2) is 4.68 Å². The quantitative estimate of drug-likeness (QED) is 0.828. The molecule has 120 valence electrons. The molecule has 1 aromatic heterocycles. The van der Waals surface area contributed by atoms with Crippen molar-refractivity contribution in [1.82, 2.24) is 24.8 Å². The highest BCUT2D eigenvalue weighted by Crippen LogP contribution is 2.13. The Bertz CT molecular complexity index is 720. The number of halogens is 1. The second-order valence-electron chi connectivity index (χ2n) is 5.32. The first-order valence-corrected chi connectivity index (χ1v) is 7.65. The van der Waals surface area contributed by atoms with E-state index >= 15 is 0 Å². The number of benzene rings is 1. The van der Waals surface area contributed by atoms with E-state index in [1.807, 2.05) is 0 Å². The average Bonchev–Trinajstić information content (AvgIpc) is 3.05. The molecule has 2 aromatic rings. The third kappa shape index (κ3) is 3.34. The van der Waals surface area contributed by atoms with Crippen LogP contribution in [0.15, 0.2) is 30.5 Å². The minimum Gasteiger partial charge on any atom is -0.339 e. The first-order chi connectivity index (χ1) is 11.0. The Morgan fingerprint density at radius 1 is 1.04 bits per heavy atom. The van der Waals surface area contributed by atoms with Gasteiger partial charge in [0.25, 0.3) is 5.91 Å². The number of rotatable bonds is 2. The van der Waals surface area contributed by atoms with Crippen LogP contribution in [0.2, 0.25) is 5.02 Å². The fourth-order valence-electron chi connectivity index (χ4n) is 2.47. The lowest BCUT2D eigenvalue weighted by Gasteiger charge is -2.33. The Morgan fingerprint density at radius 3 is 2.26 bits per heavy atom. The molecule has 0 bridgehead atoms. The van der Waals surface area contributed by atoms with Crippen LogP contribution >= 0.6 is 11.6 Å². The van der Waals surface area contributed by atoms with Crippen molar-refractivity contribution in [2.45, 2.75) is 6.92 Å². The van der Waals surface area contributed by atoms with Crippen LogP contribution in [0.25, 0.3) is 5.69 Å². The summed E-state index contributed by atoms with van der Waals surface area (Å²) < 4.78 is 1.54. The fourth-order valence-corrected chi connectivity index (χ4v) is 2.59. The Hall–Kier alpha value is -2.41. The fraction of sp³-hybridized carbons (Fsp3) is 0.333. The predicted octanol–water partition coefficient (Wildman–Crippen LogP) is 1.22. The molecule has 2 amide bonds. The topological polar surface area (TPSA) is 71.3 Å². The van der Waals surface area contributed by atoms with Gasteiger partial charge < -0.3 is 9.80 Å². The molecule has 0 aliphatic carbocycles. The lowest BCUT2D eigenvalue weighted by atomic mass is 10.3. The zero-order valence-electron chi connectivity index (χ0n) is 12.6. The van der Waals surface area contributed by atoms with E-state index in [1.54, 1.807) is 40.3 Å². The summed E-state index contributed by atoms with van der Waals surface area (Å²) in [5, 5.41) is 8.57. The van der Waals surface area contributed by atoms with Crippen molar-refractivity contribution >= 4 is 23.4 Å². The van der Waals surface area contributed by atoms with E-state index in [4.69, 9.17) is 11.6 Å². The van der Waals surface area contributed by atoms with E-state index in [1.165, 1.54) is 11.6 Å². The number of hydrogen-bond acceptors (Lipinski definition) is 4. The number of carbonyl (C=O) groups excluding carboxylic acids is 2. The summed E-state index contributed by atoms with van der Waals surface area (Å²) >= 11 is 5.86. The van der Waals surface area contributed by atoms with E-state index in [9.17, 15) is 9.59 Å². The van der Waals surface area contributed by atoms with Crippen molar-refractivity contribution in [2.24, 2.45) is 0 Å². The third-order valence-electron chi connectivity index (χ3n) is 3.82. The van der Waals surface area contributed by atoms with Crippen LogP contribution < -0.4 is 0 Å². The van der Waals surface area contributed by atoms with Gasteiger partial charge in [0, 0.05) is 38.1 Å². The molecule has 0 atom stereocenters. The monoisotopic (exact) mass is 333 g/mol. The van der Waals surface area contributed by atoms with Crippen molar-refractivity contribution in [3.05, 3.63) is 41.2 Å². The minimum absolute atomic E-state index is 0.0331. The Morgan fingerprint density at radius 2 is 1.65 bits per heavy atom. The standard InChI is InChI=1S/C15H16ClN5O2/c1-11(22)19-6-8-20(9-7-19)15(23)14-10-21(18-17-14)13-4-2-12(16)3-5-13/h2-5,10H,6-9H2,1H3. The molecular weight excluding hydrogens is 318 g/mol. The molecule has 0 N–H and O–H groups in total. The highest BCUT2D eigenvalue weighted by molar-refractivity contribution is 6.30. The third-order valence-corrected chi connectivity index (χ3v) is 4.07. The van der Waals surface area contributed by atoms with Crippen molar-refractivity contribution in [3.8, 4) is 5.69 Å². The molecule has 1 aliphatic rings. The van der Waals surface area contributed by atoms with Crippen LogP contribution in [0.1, 0.15) is 17.4 Å². The van der Waals surface area contributed by atoms with Crippen LogP contribution in [0.3, 0.4) is 0 Å². The molecular formula is C15H16ClN5O2. The van der Waals surface area contributed by atoms with Crippen LogP contribution in [-0.2, 0) is 4.79 Å². The lowest BCUT2D eigenvalue weighted by molar-refractivity contribution is -0.130. The number of piperazine rings is 1. The van der Waals surface area contributed by atoms with Crippen LogP contribution in [0.5, 0.6) is 0 Å². The van der Waals surface area contributed by atoms with Gasteiger partial charge in [-0.15, -0.1) is 5.10 Å². The Kier molecular flexibility index (Phi) is 4.29. The molecule has 0 saturated carbocycles. The molecule has 1 saturated heterocycles. The number of carbonyl (C=O) groups is 2. The first-order valence-electron chi connectivity index (χ1n) is 7.27. The maximum absolute atomic E-state index is 12.5. The molecule has 23 heavy (non-hydrogen) atoms. The smallest absolute Gasteiger partial charge is 0.276 e. The lowest BCUT2D eigenvalue weighted by Crippen LogP contribution is -2.50. The number of hydrogen-bond donors (Lipinski definition) is 0. The Balaban J connectivity index is 1.69. The molecule has 1 fully saturated rings. The molecule has 0 radical (unpaired) electrons. The molecule has 2 heterocycles. The maximum atomic E-state index is 12.5. The van der Waals surface area contributed by atoms with Gasteiger partial charge in [-0.05, 0) is 24.3 Å². The van der Waals surface area contributed by atoms with E-state index < -0.39 is 0 Å². The van der Waals surface area contributed by atoms with Crippen LogP contribution in [0, 0.1) is 0 Å². The van der Waals surface area contributed by atoms with Gasteiger partial charge in [-0.1, -0.05) is 16.8 Å². The van der Waals surface area contributed by atoms with Gasteiger partial charge in [0.1, 0.15) is 0 Å². The summed E-state index contributed by atoms with van der Waals surface area (Å²) in [5.41, 5.74) is 1.07. The number of aromatic nitrogens is 3. The van der Waals surface area contributed by atoms with E-state index in [0.717, 1.165) is 5.69 Å². The highest BCUT2D eigenvalue weighted by atomic mass is 35.5. The van der Waals surface area contributed by atoms with Gasteiger partial charge in [0.15, 0.2) is 5.69 Å². The SMILES string of the molecule is CC(=O)N1CCN(C(=O)c2cn(-c3ccc(Cl)cc3)nn2)CC1. The van der Waals surface area contributed by atoms with Crippen LogP contribution in [0.4, 0.5) is 0 Å². The number of nitrogens with zero attached hydrogens (tertiary/aromatic N) is 5. The zero-order valence-corrected chi connectivity index (χ0v) is 13.4.